The Morgan fingerprint density at radius 2 is 2.00 bits per heavy atom. The third-order valence-electron chi connectivity index (χ3n) is 5.79. The van der Waals surface area contributed by atoms with Crippen LogP contribution >= 0.6 is 7.75 Å². The van der Waals surface area contributed by atoms with Gasteiger partial charge in [0, 0.05) is 12.3 Å². The largest absolute Gasteiger partial charge is 0.462 e. The molecule has 1 aromatic heterocycles. The van der Waals surface area contributed by atoms with Gasteiger partial charge in [-0.3, -0.25) is 23.7 Å². The van der Waals surface area contributed by atoms with Gasteiger partial charge in [0.1, 0.15) is 24.0 Å². The summed E-state index contributed by atoms with van der Waals surface area (Å²) in [5.74, 6) is 1.47. The summed E-state index contributed by atoms with van der Waals surface area (Å²) >= 11 is 0. The molecule has 0 radical (unpaired) electrons. The number of rotatable bonds is 11. The van der Waals surface area contributed by atoms with Crippen molar-refractivity contribution < 1.29 is 38.1 Å². The normalized spacial score (nSPS) is 26.1. The van der Waals surface area contributed by atoms with Crippen LogP contribution in [0, 0.1) is 12.3 Å². The summed E-state index contributed by atoms with van der Waals surface area (Å²) in [5.41, 5.74) is -4.06. The molecule has 3 rings (SSSR count). The molecule has 0 saturated carbocycles. The highest BCUT2D eigenvalue weighted by Crippen LogP contribution is 2.46. The molecule has 1 saturated heterocycles. The highest BCUT2D eigenvalue weighted by atomic mass is 31.2. The lowest BCUT2D eigenvalue weighted by Crippen LogP contribution is -2.48. The molecule has 1 aliphatic heterocycles. The predicted molar refractivity (Wildman–Crippen MR) is 134 cm³/mol. The van der Waals surface area contributed by atoms with Crippen molar-refractivity contribution in [1.82, 2.24) is 14.6 Å². The molecule has 1 fully saturated rings. The Balaban J connectivity index is 1.83. The Kier molecular flexibility index (Phi) is 9.32. The zero-order chi connectivity index (χ0) is 28.1. The molecule has 1 aromatic carbocycles. The van der Waals surface area contributed by atoms with Crippen molar-refractivity contribution in [3.8, 4) is 18.1 Å². The minimum Gasteiger partial charge on any atom is -0.462 e. The molecule has 206 valence electrons. The first-order chi connectivity index (χ1) is 17.9. The Hall–Kier alpha value is -3.24. The van der Waals surface area contributed by atoms with E-state index in [0.717, 1.165) is 16.8 Å². The van der Waals surface area contributed by atoms with Crippen LogP contribution in [0.1, 0.15) is 33.4 Å². The van der Waals surface area contributed by atoms with Crippen LogP contribution in [0.2, 0.25) is 0 Å². The molecule has 2 heterocycles. The number of aromatic amines is 1. The number of hydrogen-bond acceptors (Lipinski definition) is 10. The van der Waals surface area contributed by atoms with Crippen LogP contribution in [0.25, 0.3) is 0 Å². The fraction of sp³-hybridized carbons (Fsp3) is 0.458. The number of esters is 1. The van der Waals surface area contributed by atoms with E-state index in [1.165, 1.54) is 19.1 Å². The first kappa shape index (κ1) is 29.3. The third-order valence-corrected chi connectivity index (χ3v) is 7.44. The van der Waals surface area contributed by atoms with Gasteiger partial charge >= 0.3 is 19.4 Å². The van der Waals surface area contributed by atoms with Gasteiger partial charge < -0.3 is 24.2 Å². The number of nitrogens with zero attached hydrogens (tertiary/aromatic N) is 1. The van der Waals surface area contributed by atoms with Gasteiger partial charge in [-0.2, -0.15) is 5.09 Å². The monoisotopic (exact) mass is 551 g/mol. The van der Waals surface area contributed by atoms with Gasteiger partial charge in [0.2, 0.25) is 0 Å². The van der Waals surface area contributed by atoms with E-state index >= 15 is 0 Å². The molecular formula is C24H30N3O10P. The number of carbonyl (C=O) groups excluding carboxylic acids is 1. The van der Waals surface area contributed by atoms with Crippen LogP contribution < -0.4 is 20.9 Å². The molecular weight excluding hydrogens is 521 g/mol. The lowest BCUT2D eigenvalue weighted by atomic mass is 9.95. The van der Waals surface area contributed by atoms with Gasteiger partial charge in [0.15, 0.2) is 11.8 Å². The van der Waals surface area contributed by atoms with Crippen LogP contribution in [0.5, 0.6) is 5.75 Å². The van der Waals surface area contributed by atoms with Crippen molar-refractivity contribution in [2.45, 2.75) is 63.4 Å². The molecule has 38 heavy (non-hydrogen) atoms. The highest BCUT2D eigenvalue weighted by molar-refractivity contribution is 7.52. The van der Waals surface area contributed by atoms with Crippen LogP contribution in [0.15, 0.2) is 52.2 Å². The quantitative estimate of drug-likeness (QED) is 0.175. The highest BCUT2D eigenvalue weighted by Gasteiger charge is 2.56. The Labute approximate surface area is 218 Å². The zero-order valence-electron chi connectivity index (χ0n) is 21.0. The van der Waals surface area contributed by atoms with Gasteiger partial charge in [-0.1, -0.05) is 31.0 Å². The number of aromatic nitrogens is 2. The zero-order valence-corrected chi connectivity index (χ0v) is 21.9. The van der Waals surface area contributed by atoms with E-state index in [1.54, 1.807) is 25.1 Å². The van der Waals surface area contributed by atoms with Crippen LogP contribution in [-0.4, -0.2) is 62.3 Å². The van der Waals surface area contributed by atoms with Crippen molar-refractivity contribution in [2.24, 2.45) is 0 Å². The number of benzene rings is 1. The summed E-state index contributed by atoms with van der Waals surface area (Å²) in [7, 11) is -4.33. The van der Waals surface area contributed by atoms with Gasteiger partial charge in [-0.15, -0.1) is 6.42 Å². The summed E-state index contributed by atoms with van der Waals surface area (Å²) < 4.78 is 36.5. The predicted octanol–water partition coefficient (Wildman–Crippen LogP) is 0.683. The maximum Gasteiger partial charge on any atom is 0.459 e. The number of para-hydroxylation sites is 1. The smallest absolute Gasteiger partial charge is 0.459 e. The summed E-state index contributed by atoms with van der Waals surface area (Å²) in [6.45, 7) is 4.30. The second-order valence-electron chi connectivity index (χ2n) is 8.66. The van der Waals surface area contributed by atoms with Gasteiger partial charge in [0.05, 0.1) is 12.7 Å². The number of hydrogen-bond donors (Lipinski definition) is 4. The molecule has 2 aromatic rings. The molecule has 0 bridgehead atoms. The Morgan fingerprint density at radius 1 is 1.32 bits per heavy atom. The standard InChI is InChI=1S/C24H30N3O10P/c1-5-15(3)35-21(30)16(4)26-38(33,37-17-10-8-7-9-11-17)34-14-18-20(29)24(32,6-2)22(36-18)27-13-12-19(28)25-23(27)31/h2,7-13,15-16,18,20,22,29,32H,5,14H2,1,3-4H3,(H,26,33)(H,25,28,31)/t15-,16?,18+,20+,22+,24+,38?/m0/s1. The molecule has 2 unspecified atom stereocenters. The van der Waals surface area contributed by atoms with E-state index in [-0.39, 0.29) is 11.9 Å². The number of aliphatic hydroxyl groups excluding tert-OH is 1. The number of H-pyrrole nitrogens is 1. The van der Waals surface area contributed by atoms with Crippen LogP contribution in [0.4, 0.5) is 0 Å². The fourth-order valence-electron chi connectivity index (χ4n) is 3.51. The SMILES string of the molecule is C#C[C@@]1(O)[C@H](O)[C@@H](COP(=O)(NC(C)C(=O)O[C@@H](C)CC)Oc2ccccc2)O[C@H]1n1ccc(=O)[nH]c1=O. The van der Waals surface area contributed by atoms with E-state index in [0.29, 0.717) is 6.42 Å². The lowest BCUT2D eigenvalue weighted by molar-refractivity contribution is -0.150. The Morgan fingerprint density at radius 3 is 2.61 bits per heavy atom. The van der Waals surface area contributed by atoms with Gasteiger partial charge in [0.25, 0.3) is 5.56 Å². The van der Waals surface area contributed by atoms with E-state index in [9.17, 15) is 29.2 Å². The van der Waals surface area contributed by atoms with E-state index < -0.39 is 61.7 Å². The second-order valence-corrected chi connectivity index (χ2v) is 10.4. The summed E-state index contributed by atoms with van der Waals surface area (Å²) in [5, 5.41) is 24.2. The molecule has 13 nitrogen and oxygen atoms in total. The van der Waals surface area contributed by atoms with Gasteiger partial charge in [-0.25, -0.2) is 9.36 Å². The molecule has 0 spiro atoms. The fourth-order valence-corrected chi connectivity index (χ4v) is 5.01. The maximum absolute atomic E-state index is 13.7. The van der Waals surface area contributed by atoms with Crippen LogP contribution in [0.3, 0.4) is 0 Å². The van der Waals surface area contributed by atoms with Crippen molar-refractivity contribution in [1.29, 1.82) is 0 Å². The first-order valence-corrected chi connectivity index (χ1v) is 13.3. The molecule has 7 atom stereocenters. The van der Waals surface area contributed by atoms with Crippen molar-refractivity contribution in [2.75, 3.05) is 6.61 Å². The molecule has 0 aliphatic carbocycles. The first-order valence-electron chi connectivity index (χ1n) is 11.7. The van der Waals surface area contributed by atoms with E-state index in [2.05, 4.69) is 5.09 Å². The number of nitrogens with one attached hydrogen (secondary N) is 2. The third kappa shape index (κ3) is 6.60. The average Bonchev–Trinajstić information content (AvgIpc) is 3.13. The van der Waals surface area contributed by atoms with E-state index in [4.69, 9.17) is 24.9 Å². The average molecular weight is 551 g/mol. The minimum absolute atomic E-state index is 0.150. The number of aliphatic hydroxyl groups is 2. The Bertz CT molecular complexity index is 1320. The number of ether oxygens (including phenoxy) is 2. The molecule has 0 amide bonds. The van der Waals surface area contributed by atoms with E-state index in [1.807, 2.05) is 17.8 Å². The minimum atomic E-state index is -4.33. The second kappa shape index (κ2) is 12.1. The summed E-state index contributed by atoms with van der Waals surface area (Å²) in [6.07, 6.45) is 1.85. The topological polar surface area (TPSA) is 178 Å². The summed E-state index contributed by atoms with van der Waals surface area (Å²) in [6, 6.07) is 7.87. The summed E-state index contributed by atoms with van der Waals surface area (Å²) in [4.78, 5) is 38.1. The maximum atomic E-state index is 13.7. The number of terminal acetylenes is 1. The molecule has 14 heteroatoms. The van der Waals surface area contributed by atoms with Crippen LogP contribution in [-0.2, 0) is 23.4 Å². The van der Waals surface area contributed by atoms with Gasteiger partial charge in [-0.05, 0) is 32.4 Å². The molecule has 4 N–H and O–H groups in total. The van der Waals surface area contributed by atoms with Crippen molar-refractivity contribution in [3.05, 3.63) is 63.4 Å². The number of carbonyl (C=O) groups is 1. The van der Waals surface area contributed by atoms with Crippen molar-refractivity contribution in [3.63, 3.8) is 0 Å². The van der Waals surface area contributed by atoms with Crippen molar-refractivity contribution >= 4 is 13.7 Å². The molecule has 1 aliphatic rings. The lowest BCUT2D eigenvalue weighted by Gasteiger charge is -2.26.